The number of nitrogens with zero attached hydrogens (tertiary/aromatic N) is 2. The van der Waals surface area contributed by atoms with Gasteiger partial charge < -0.3 is 10.0 Å². The number of fused-ring (bicyclic) bond motifs is 1. The third kappa shape index (κ3) is 4.30. The minimum absolute atomic E-state index is 0.0314. The minimum Gasteiger partial charge on any atom is -0.392 e. The molecule has 1 atom stereocenters. The summed E-state index contributed by atoms with van der Waals surface area (Å²) in [7, 11) is 4.02. The van der Waals surface area contributed by atoms with Gasteiger partial charge in [0.1, 0.15) is 0 Å². The SMILES string of the molecule is CN(CC1Cc2ccccc2CN1C)C(=O)c1cccc(-c2ccc(CO)cc2)c1. The molecular formula is C26H28N2O2. The van der Waals surface area contributed by atoms with Crippen LogP contribution in [0.1, 0.15) is 27.0 Å². The summed E-state index contributed by atoms with van der Waals surface area (Å²) < 4.78 is 0. The van der Waals surface area contributed by atoms with Crippen LogP contribution in [0.3, 0.4) is 0 Å². The van der Waals surface area contributed by atoms with Gasteiger partial charge in [0, 0.05) is 31.7 Å². The van der Waals surface area contributed by atoms with Crippen LogP contribution >= 0.6 is 0 Å². The number of aliphatic hydroxyl groups excluding tert-OH is 1. The molecule has 154 valence electrons. The standard InChI is InChI=1S/C26H28N2O2/c1-27-16-24-7-4-3-6-22(24)15-25(27)17-28(2)26(30)23-9-5-8-21(14-23)20-12-10-19(18-29)11-13-20/h3-14,25,29H,15-18H2,1-2H3. The van der Waals surface area contributed by atoms with E-state index in [0.717, 1.165) is 29.7 Å². The Kier molecular flexibility index (Phi) is 5.98. The van der Waals surface area contributed by atoms with Crippen molar-refractivity contribution in [1.82, 2.24) is 9.80 Å². The Morgan fingerprint density at radius 3 is 2.47 bits per heavy atom. The van der Waals surface area contributed by atoms with Crippen LogP contribution < -0.4 is 0 Å². The zero-order valence-electron chi connectivity index (χ0n) is 17.6. The van der Waals surface area contributed by atoms with Gasteiger partial charge in [0.05, 0.1) is 6.61 Å². The summed E-state index contributed by atoms with van der Waals surface area (Å²) in [6.07, 6.45) is 0.960. The van der Waals surface area contributed by atoms with E-state index in [-0.39, 0.29) is 12.5 Å². The van der Waals surface area contributed by atoms with Crippen LogP contribution in [0.15, 0.2) is 72.8 Å². The molecule has 1 heterocycles. The fourth-order valence-corrected chi connectivity index (χ4v) is 4.18. The van der Waals surface area contributed by atoms with Gasteiger partial charge in [0.25, 0.3) is 5.91 Å². The number of rotatable bonds is 5. The first-order valence-corrected chi connectivity index (χ1v) is 10.4. The van der Waals surface area contributed by atoms with E-state index in [4.69, 9.17) is 0 Å². The van der Waals surface area contributed by atoms with E-state index in [9.17, 15) is 9.90 Å². The second kappa shape index (κ2) is 8.82. The van der Waals surface area contributed by atoms with Crippen LogP contribution in [0.5, 0.6) is 0 Å². The molecule has 0 aliphatic carbocycles. The average Bonchev–Trinajstić information content (AvgIpc) is 2.79. The molecular weight excluding hydrogens is 372 g/mol. The van der Waals surface area contributed by atoms with Crippen molar-refractivity contribution in [3.05, 3.63) is 95.1 Å². The summed E-state index contributed by atoms with van der Waals surface area (Å²) >= 11 is 0. The van der Waals surface area contributed by atoms with Crippen molar-refractivity contribution in [2.45, 2.75) is 25.6 Å². The molecule has 1 aliphatic rings. The molecule has 1 amide bonds. The first-order chi connectivity index (χ1) is 14.5. The van der Waals surface area contributed by atoms with Gasteiger partial charge in [-0.25, -0.2) is 0 Å². The van der Waals surface area contributed by atoms with Gasteiger partial charge in [-0.2, -0.15) is 0 Å². The lowest BCUT2D eigenvalue weighted by molar-refractivity contribution is 0.0733. The maximum atomic E-state index is 13.1. The fraction of sp³-hybridized carbons (Fsp3) is 0.269. The maximum absolute atomic E-state index is 13.1. The third-order valence-corrected chi connectivity index (χ3v) is 6.03. The smallest absolute Gasteiger partial charge is 0.253 e. The van der Waals surface area contributed by atoms with Crippen LogP contribution in [0.2, 0.25) is 0 Å². The molecule has 4 rings (SSSR count). The zero-order chi connectivity index (χ0) is 21.1. The molecule has 30 heavy (non-hydrogen) atoms. The van der Waals surface area contributed by atoms with Crippen molar-refractivity contribution in [3.8, 4) is 11.1 Å². The molecule has 1 N–H and O–H groups in total. The lowest BCUT2D eigenvalue weighted by Gasteiger charge is -2.36. The first kappa shape index (κ1) is 20.3. The number of amides is 1. The maximum Gasteiger partial charge on any atom is 0.253 e. The van der Waals surface area contributed by atoms with Crippen molar-refractivity contribution in [2.24, 2.45) is 0 Å². The third-order valence-electron chi connectivity index (χ3n) is 6.03. The second-order valence-electron chi connectivity index (χ2n) is 8.16. The van der Waals surface area contributed by atoms with Crippen LogP contribution in [-0.2, 0) is 19.6 Å². The summed E-state index contributed by atoms with van der Waals surface area (Å²) in [5.41, 5.74) is 6.37. The number of carbonyl (C=O) groups excluding carboxylic acids is 1. The van der Waals surface area contributed by atoms with Crippen molar-refractivity contribution >= 4 is 5.91 Å². The van der Waals surface area contributed by atoms with Gasteiger partial charge in [-0.3, -0.25) is 9.69 Å². The van der Waals surface area contributed by atoms with Crippen LogP contribution in [0, 0.1) is 0 Å². The summed E-state index contributed by atoms with van der Waals surface area (Å²) in [4.78, 5) is 17.3. The Morgan fingerprint density at radius 1 is 1.00 bits per heavy atom. The molecule has 4 nitrogen and oxygen atoms in total. The molecule has 0 fully saturated rings. The van der Waals surface area contributed by atoms with E-state index in [1.54, 1.807) is 0 Å². The number of carbonyl (C=O) groups is 1. The topological polar surface area (TPSA) is 43.8 Å². The van der Waals surface area contributed by atoms with E-state index >= 15 is 0 Å². The number of hydrogen-bond acceptors (Lipinski definition) is 3. The Balaban J connectivity index is 1.47. The average molecular weight is 401 g/mol. The van der Waals surface area contributed by atoms with E-state index in [0.29, 0.717) is 18.2 Å². The number of likely N-dealkylation sites (N-methyl/N-ethyl adjacent to an activating group) is 2. The Hall–Kier alpha value is -2.95. The molecule has 4 heteroatoms. The Bertz CT molecular complexity index is 1030. The number of aliphatic hydroxyl groups is 1. The summed E-state index contributed by atoms with van der Waals surface area (Å²) in [5, 5.41) is 9.23. The van der Waals surface area contributed by atoms with Gasteiger partial charge >= 0.3 is 0 Å². The van der Waals surface area contributed by atoms with Crippen molar-refractivity contribution in [1.29, 1.82) is 0 Å². The van der Waals surface area contributed by atoms with Gasteiger partial charge in [0.15, 0.2) is 0 Å². The summed E-state index contributed by atoms with van der Waals surface area (Å²) in [5.74, 6) is 0.0380. The Morgan fingerprint density at radius 2 is 1.73 bits per heavy atom. The summed E-state index contributed by atoms with van der Waals surface area (Å²) in [6.45, 7) is 1.64. The van der Waals surface area contributed by atoms with Crippen LogP contribution in [-0.4, -0.2) is 47.5 Å². The van der Waals surface area contributed by atoms with Crippen LogP contribution in [0.4, 0.5) is 0 Å². The Labute approximate surface area is 178 Å². The van der Waals surface area contributed by atoms with Gasteiger partial charge in [-0.05, 0) is 53.4 Å². The molecule has 3 aromatic carbocycles. The first-order valence-electron chi connectivity index (χ1n) is 10.4. The second-order valence-corrected chi connectivity index (χ2v) is 8.16. The van der Waals surface area contributed by atoms with E-state index < -0.39 is 0 Å². The zero-order valence-corrected chi connectivity index (χ0v) is 17.6. The van der Waals surface area contributed by atoms with Crippen LogP contribution in [0.25, 0.3) is 11.1 Å². The molecule has 0 bridgehead atoms. The highest BCUT2D eigenvalue weighted by Gasteiger charge is 2.25. The lowest BCUT2D eigenvalue weighted by Crippen LogP contribution is -2.46. The van der Waals surface area contributed by atoms with Crippen molar-refractivity contribution < 1.29 is 9.90 Å². The predicted molar refractivity (Wildman–Crippen MR) is 120 cm³/mol. The lowest BCUT2D eigenvalue weighted by atomic mass is 9.94. The van der Waals surface area contributed by atoms with Gasteiger partial charge in [0.2, 0.25) is 0 Å². The van der Waals surface area contributed by atoms with Crippen molar-refractivity contribution in [2.75, 3.05) is 20.6 Å². The van der Waals surface area contributed by atoms with Gasteiger partial charge in [-0.1, -0.05) is 60.7 Å². The molecule has 0 aromatic heterocycles. The largest absolute Gasteiger partial charge is 0.392 e. The quantitative estimate of drug-likeness (QED) is 0.705. The van der Waals surface area contributed by atoms with E-state index in [1.165, 1.54) is 11.1 Å². The van der Waals surface area contributed by atoms with Gasteiger partial charge in [-0.15, -0.1) is 0 Å². The molecule has 1 unspecified atom stereocenters. The molecule has 0 saturated carbocycles. The van der Waals surface area contributed by atoms with Crippen molar-refractivity contribution in [3.63, 3.8) is 0 Å². The molecule has 3 aromatic rings. The normalized spacial score (nSPS) is 16.2. The van der Waals surface area contributed by atoms with E-state index in [2.05, 4.69) is 36.2 Å². The molecule has 0 saturated heterocycles. The highest BCUT2D eigenvalue weighted by atomic mass is 16.3. The summed E-state index contributed by atoms with van der Waals surface area (Å²) in [6, 6.07) is 24.4. The van der Waals surface area contributed by atoms with E-state index in [1.807, 2.05) is 60.5 Å². The fourth-order valence-electron chi connectivity index (χ4n) is 4.18. The highest BCUT2D eigenvalue weighted by Crippen LogP contribution is 2.24. The number of hydrogen-bond donors (Lipinski definition) is 1. The number of benzene rings is 3. The highest BCUT2D eigenvalue weighted by molar-refractivity contribution is 5.95. The predicted octanol–water partition coefficient (Wildman–Crippen LogP) is 3.97. The molecule has 0 radical (unpaired) electrons. The molecule has 0 spiro atoms. The molecule has 1 aliphatic heterocycles. The minimum atomic E-state index is 0.0314. The monoisotopic (exact) mass is 400 g/mol.